The van der Waals surface area contributed by atoms with Gasteiger partial charge in [-0.1, -0.05) is 18.2 Å². The molecule has 6 heteroatoms. The molecular formula is C19H17BrFN3O. The fraction of sp³-hybridized carbons (Fsp3) is 0.211. The molecule has 2 aromatic carbocycles. The molecule has 0 unspecified atom stereocenters. The van der Waals surface area contributed by atoms with Crippen LogP contribution in [-0.2, 0) is 19.6 Å². The van der Waals surface area contributed by atoms with Crippen LogP contribution in [0.1, 0.15) is 16.8 Å². The van der Waals surface area contributed by atoms with E-state index in [-0.39, 0.29) is 5.82 Å². The second-order valence-corrected chi connectivity index (χ2v) is 6.84. The van der Waals surface area contributed by atoms with Gasteiger partial charge in [0.25, 0.3) is 0 Å². The van der Waals surface area contributed by atoms with Gasteiger partial charge in [-0.3, -0.25) is 4.68 Å². The zero-order valence-corrected chi connectivity index (χ0v) is 15.3. The lowest BCUT2D eigenvalue weighted by Crippen LogP contribution is -2.10. The van der Waals surface area contributed by atoms with Crippen molar-refractivity contribution < 1.29 is 9.13 Å². The Hall–Kier alpha value is -2.18. The summed E-state index contributed by atoms with van der Waals surface area (Å²) < 4.78 is 22.5. The molecule has 0 saturated carbocycles. The SMILES string of the molecule is COc1ccc(Cn2nc3c(c2-c2ccccc2F)CNC3)cc1Br. The fourth-order valence-corrected chi connectivity index (χ4v) is 3.82. The van der Waals surface area contributed by atoms with E-state index in [4.69, 9.17) is 9.84 Å². The molecule has 0 amide bonds. The van der Waals surface area contributed by atoms with E-state index in [9.17, 15) is 4.39 Å². The van der Waals surface area contributed by atoms with Gasteiger partial charge in [0, 0.05) is 24.2 Å². The van der Waals surface area contributed by atoms with Crippen molar-refractivity contribution in [1.29, 1.82) is 0 Å². The lowest BCUT2D eigenvalue weighted by molar-refractivity contribution is 0.412. The average Bonchev–Trinajstić information content (AvgIpc) is 3.17. The third kappa shape index (κ3) is 2.96. The molecule has 0 fully saturated rings. The summed E-state index contributed by atoms with van der Waals surface area (Å²) in [7, 11) is 1.64. The maximum absolute atomic E-state index is 14.4. The van der Waals surface area contributed by atoms with Crippen LogP contribution in [0, 0.1) is 5.82 Å². The highest BCUT2D eigenvalue weighted by Crippen LogP contribution is 2.32. The number of aromatic nitrogens is 2. The van der Waals surface area contributed by atoms with Crippen LogP contribution >= 0.6 is 15.9 Å². The summed E-state index contributed by atoms with van der Waals surface area (Å²) in [6.07, 6.45) is 0. The van der Waals surface area contributed by atoms with E-state index in [2.05, 4.69) is 21.2 Å². The van der Waals surface area contributed by atoms with Crippen LogP contribution in [0.2, 0.25) is 0 Å². The predicted octanol–water partition coefficient (Wildman–Crippen LogP) is 4.11. The van der Waals surface area contributed by atoms with Gasteiger partial charge in [0.05, 0.1) is 29.5 Å². The van der Waals surface area contributed by atoms with E-state index in [0.29, 0.717) is 18.7 Å². The van der Waals surface area contributed by atoms with Crippen LogP contribution in [0.4, 0.5) is 4.39 Å². The minimum Gasteiger partial charge on any atom is -0.496 e. The first-order chi connectivity index (χ1) is 12.2. The lowest BCUT2D eigenvalue weighted by atomic mass is 10.1. The molecular weight excluding hydrogens is 385 g/mol. The molecule has 1 aromatic heterocycles. The molecule has 2 heterocycles. The van der Waals surface area contributed by atoms with E-state index < -0.39 is 0 Å². The van der Waals surface area contributed by atoms with Crippen LogP contribution in [-0.4, -0.2) is 16.9 Å². The number of benzene rings is 2. The molecule has 0 bridgehead atoms. The van der Waals surface area contributed by atoms with Gasteiger partial charge in [0.2, 0.25) is 0 Å². The summed E-state index contributed by atoms with van der Waals surface area (Å²) in [6.45, 7) is 2.00. The third-order valence-corrected chi connectivity index (χ3v) is 5.03. The second-order valence-electron chi connectivity index (χ2n) is 5.98. The summed E-state index contributed by atoms with van der Waals surface area (Å²) in [6, 6.07) is 12.8. The monoisotopic (exact) mass is 401 g/mol. The Morgan fingerprint density at radius 1 is 1.24 bits per heavy atom. The number of rotatable bonds is 4. The number of nitrogens with zero attached hydrogens (tertiary/aromatic N) is 2. The third-order valence-electron chi connectivity index (χ3n) is 4.41. The first kappa shape index (κ1) is 16.3. The molecule has 0 radical (unpaired) electrons. The van der Waals surface area contributed by atoms with Crippen molar-refractivity contribution in [2.24, 2.45) is 0 Å². The number of hydrogen-bond donors (Lipinski definition) is 1. The summed E-state index contributed by atoms with van der Waals surface area (Å²) in [5.74, 6) is 0.555. The van der Waals surface area contributed by atoms with Gasteiger partial charge in [0.1, 0.15) is 11.6 Å². The Morgan fingerprint density at radius 3 is 2.84 bits per heavy atom. The van der Waals surface area contributed by atoms with Crippen molar-refractivity contribution in [2.45, 2.75) is 19.6 Å². The topological polar surface area (TPSA) is 39.1 Å². The van der Waals surface area contributed by atoms with Crippen LogP contribution in [0.3, 0.4) is 0 Å². The Morgan fingerprint density at radius 2 is 2.08 bits per heavy atom. The lowest BCUT2D eigenvalue weighted by Gasteiger charge is -2.12. The number of fused-ring (bicyclic) bond motifs is 1. The molecule has 128 valence electrons. The van der Waals surface area contributed by atoms with E-state index in [0.717, 1.165) is 39.3 Å². The summed E-state index contributed by atoms with van der Waals surface area (Å²) in [5, 5.41) is 8.01. The quantitative estimate of drug-likeness (QED) is 0.714. The molecule has 0 atom stereocenters. The zero-order valence-electron chi connectivity index (χ0n) is 13.7. The number of halogens is 2. The number of methoxy groups -OCH3 is 1. The summed E-state index contributed by atoms with van der Waals surface area (Å²) in [5.41, 5.74) is 4.58. The van der Waals surface area contributed by atoms with Crippen LogP contribution in [0.15, 0.2) is 46.9 Å². The molecule has 25 heavy (non-hydrogen) atoms. The van der Waals surface area contributed by atoms with Crippen molar-refractivity contribution in [1.82, 2.24) is 15.1 Å². The van der Waals surface area contributed by atoms with Crippen molar-refractivity contribution in [2.75, 3.05) is 7.11 Å². The van der Waals surface area contributed by atoms with E-state index >= 15 is 0 Å². The largest absolute Gasteiger partial charge is 0.496 e. The van der Waals surface area contributed by atoms with Gasteiger partial charge in [-0.15, -0.1) is 0 Å². The van der Waals surface area contributed by atoms with Crippen molar-refractivity contribution in [3.05, 3.63) is 69.6 Å². The highest BCUT2D eigenvalue weighted by molar-refractivity contribution is 9.10. The van der Waals surface area contributed by atoms with Gasteiger partial charge in [-0.25, -0.2) is 4.39 Å². The molecule has 1 N–H and O–H groups in total. The molecule has 0 spiro atoms. The second kappa shape index (κ2) is 6.61. The number of ether oxygens (including phenoxy) is 1. The Balaban J connectivity index is 1.78. The van der Waals surface area contributed by atoms with E-state index in [1.165, 1.54) is 6.07 Å². The summed E-state index contributed by atoms with van der Waals surface area (Å²) in [4.78, 5) is 0. The van der Waals surface area contributed by atoms with Crippen LogP contribution in [0.5, 0.6) is 5.75 Å². The molecule has 4 nitrogen and oxygen atoms in total. The van der Waals surface area contributed by atoms with Crippen LogP contribution in [0.25, 0.3) is 11.3 Å². The van der Waals surface area contributed by atoms with Crippen molar-refractivity contribution >= 4 is 15.9 Å². The maximum atomic E-state index is 14.4. The molecule has 0 saturated heterocycles. The van der Waals surface area contributed by atoms with Gasteiger partial charge in [-0.2, -0.15) is 5.10 Å². The van der Waals surface area contributed by atoms with Crippen molar-refractivity contribution in [3.8, 4) is 17.0 Å². The highest BCUT2D eigenvalue weighted by Gasteiger charge is 2.24. The standard InChI is InChI=1S/C19H17BrFN3O/c1-25-18-7-6-12(8-15(18)20)11-24-19(13-4-2-3-5-16(13)21)14-9-22-10-17(14)23-24/h2-8,22H,9-11H2,1H3. The van der Waals surface area contributed by atoms with Gasteiger partial charge < -0.3 is 10.1 Å². The normalized spacial score (nSPS) is 13.1. The predicted molar refractivity (Wildman–Crippen MR) is 98.0 cm³/mol. The first-order valence-corrected chi connectivity index (χ1v) is 8.83. The smallest absolute Gasteiger partial charge is 0.133 e. The molecule has 1 aliphatic rings. The Labute approximate surface area is 153 Å². The van der Waals surface area contributed by atoms with E-state index in [1.807, 2.05) is 35.0 Å². The summed E-state index contributed by atoms with van der Waals surface area (Å²) >= 11 is 3.52. The maximum Gasteiger partial charge on any atom is 0.133 e. The number of hydrogen-bond acceptors (Lipinski definition) is 3. The van der Waals surface area contributed by atoms with Gasteiger partial charge in [-0.05, 0) is 45.8 Å². The van der Waals surface area contributed by atoms with Gasteiger partial charge >= 0.3 is 0 Å². The Bertz CT molecular complexity index is 938. The Kier molecular flexibility index (Phi) is 4.31. The zero-order chi connectivity index (χ0) is 17.4. The minimum absolute atomic E-state index is 0.228. The van der Waals surface area contributed by atoms with Crippen molar-refractivity contribution in [3.63, 3.8) is 0 Å². The fourth-order valence-electron chi connectivity index (χ4n) is 3.23. The first-order valence-electron chi connectivity index (χ1n) is 8.04. The van der Waals surface area contributed by atoms with Crippen LogP contribution < -0.4 is 10.1 Å². The highest BCUT2D eigenvalue weighted by atomic mass is 79.9. The van der Waals surface area contributed by atoms with E-state index in [1.54, 1.807) is 13.2 Å². The molecule has 0 aliphatic carbocycles. The number of nitrogens with one attached hydrogen (secondary N) is 1. The average molecular weight is 402 g/mol. The van der Waals surface area contributed by atoms with Gasteiger partial charge in [0.15, 0.2) is 0 Å². The molecule has 3 aromatic rings. The minimum atomic E-state index is -0.228. The molecule has 1 aliphatic heterocycles. The molecule has 4 rings (SSSR count).